The van der Waals surface area contributed by atoms with Crippen LogP contribution in [0, 0.1) is 11.6 Å². The molecule has 0 bridgehead atoms. The molecule has 0 unspecified atom stereocenters. The van der Waals surface area contributed by atoms with Crippen LogP contribution in [0.15, 0.2) is 50.5 Å². The third kappa shape index (κ3) is 2.70. The number of oxazole rings is 1. The topological polar surface area (TPSA) is 81.3 Å². The van der Waals surface area contributed by atoms with Crippen molar-refractivity contribution in [1.82, 2.24) is 4.57 Å². The molecule has 3 aromatic rings. The van der Waals surface area contributed by atoms with Crippen LogP contribution < -0.4 is 10.5 Å². The Balaban J connectivity index is 2.03. The summed E-state index contributed by atoms with van der Waals surface area (Å²) in [5, 5.41) is 0. The van der Waals surface area contributed by atoms with Crippen molar-refractivity contribution < 1.29 is 21.6 Å². The number of rotatable bonds is 3. The minimum atomic E-state index is -4.04. The first-order chi connectivity index (χ1) is 10.8. The molecule has 0 aliphatic heterocycles. The quantitative estimate of drug-likeness (QED) is 0.793. The van der Waals surface area contributed by atoms with E-state index in [9.17, 15) is 22.0 Å². The average Bonchev–Trinajstić information content (AvgIpc) is 2.77. The maximum atomic E-state index is 13.2. The molecular weight excluding hydrogens is 330 g/mol. The lowest BCUT2D eigenvalue weighted by molar-refractivity contribution is 0.509. The van der Waals surface area contributed by atoms with Crippen LogP contribution in [0.25, 0.3) is 11.1 Å². The van der Waals surface area contributed by atoms with Crippen LogP contribution in [0.1, 0.15) is 0 Å². The maximum absolute atomic E-state index is 13.2. The van der Waals surface area contributed by atoms with E-state index < -0.39 is 27.4 Å². The summed E-state index contributed by atoms with van der Waals surface area (Å²) < 4.78 is 58.9. The first-order valence-electron chi connectivity index (χ1n) is 6.35. The van der Waals surface area contributed by atoms with Crippen molar-refractivity contribution in [1.29, 1.82) is 0 Å². The van der Waals surface area contributed by atoms with Crippen molar-refractivity contribution in [2.45, 2.75) is 4.90 Å². The molecule has 0 fully saturated rings. The summed E-state index contributed by atoms with van der Waals surface area (Å²) >= 11 is 0. The molecule has 1 heterocycles. The van der Waals surface area contributed by atoms with Crippen LogP contribution in [0.3, 0.4) is 0 Å². The van der Waals surface area contributed by atoms with Gasteiger partial charge in [0.15, 0.2) is 17.2 Å². The summed E-state index contributed by atoms with van der Waals surface area (Å²) in [6.45, 7) is 0. The molecule has 2 aromatic carbocycles. The second-order valence-corrected chi connectivity index (χ2v) is 6.47. The number of sulfonamides is 1. The van der Waals surface area contributed by atoms with Crippen molar-refractivity contribution in [2.24, 2.45) is 7.05 Å². The van der Waals surface area contributed by atoms with Crippen molar-refractivity contribution in [3.05, 3.63) is 58.6 Å². The van der Waals surface area contributed by atoms with Gasteiger partial charge in [-0.1, -0.05) is 0 Å². The van der Waals surface area contributed by atoms with Gasteiger partial charge in [0.2, 0.25) is 0 Å². The van der Waals surface area contributed by atoms with Crippen LogP contribution >= 0.6 is 0 Å². The fourth-order valence-electron chi connectivity index (χ4n) is 2.05. The second kappa shape index (κ2) is 5.20. The number of hydrogen-bond acceptors (Lipinski definition) is 4. The molecule has 0 saturated heterocycles. The monoisotopic (exact) mass is 340 g/mol. The Bertz CT molecular complexity index is 1070. The number of nitrogens with zero attached hydrogens (tertiary/aromatic N) is 1. The molecule has 9 heteroatoms. The smallest absolute Gasteiger partial charge is 0.408 e. The van der Waals surface area contributed by atoms with Gasteiger partial charge in [-0.3, -0.25) is 9.29 Å². The van der Waals surface area contributed by atoms with Crippen LogP contribution in [-0.4, -0.2) is 13.0 Å². The van der Waals surface area contributed by atoms with Crippen molar-refractivity contribution in [3.63, 3.8) is 0 Å². The SMILES string of the molecule is Cn1c(=O)oc2ccc(S(=O)(=O)Nc3ccc(F)c(F)c3)cc21. The van der Waals surface area contributed by atoms with E-state index in [-0.39, 0.29) is 16.2 Å². The van der Waals surface area contributed by atoms with Gasteiger partial charge in [-0.25, -0.2) is 22.0 Å². The largest absolute Gasteiger partial charge is 0.419 e. The molecule has 1 aromatic heterocycles. The highest BCUT2D eigenvalue weighted by atomic mass is 32.2. The van der Waals surface area contributed by atoms with Gasteiger partial charge in [0.05, 0.1) is 16.1 Å². The van der Waals surface area contributed by atoms with Crippen molar-refractivity contribution in [2.75, 3.05) is 4.72 Å². The molecule has 0 saturated carbocycles. The zero-order chi connectivity index (χ0) is 16.8. The number of anilines is 1. The van der Waals surface area contributed by atoms with Crippen molar-refractivity contribution >= 4 is 26.8 Å². The minimum absolute atomic E-state index is 0.120. The lowest BCUT2D eigenvalue weighted by Crippen LogP contribution is -2.13. The number of benzene rings is 2. The number of fused-ring (bicyclic) bond motifs is 1. The van der Waals surface area contributed by atoms with Gasteiger partial charge in [-0.2, -0.15) is 0 Å². The third-order valence-electron chi connectivity index (χ3n) is 3.25. The van der Waals surface area contributed by atoms with Crippen LogP contribution in [0.5, 0.6) is 0 Å². The zero-order valence-electron chi connectivity index (χ0n) is 11.7. The number of aryl methyl sites for hydroxylation is 1. The normalized spacial score (nSPS) is 11.8. The number of halogens is 2. The summed E-state index contributed by atoms with van der Waals surface area (Å²) in [5.74, 6) is -2.87. The lowest BCUT2D eigenvalue weighted by atomic mass is 10.3. The predicted octanol–water partition coefficient (Wildman–Crippen LogP) is 2.21. The fraction of sp³-hybridized carbons (Fsp3) is 0.0714. The zero-order valence-corrected chi connectivity index (χ0v) is 12.5. The lowest BCUT2D eigenvalue weighted by Gasteiger charge is -2.08. The highest BCUT2D eigenvalue weighted by Gasteiger charge is 2.17. The van der Waals surface area contributed by atoms with Gasteiger partial charge in [-0.05, 0) is 30.3 Å². The second-order valence-electron chi connectivity index (χ2n) is 4.79. The van der Waals surface area contributed by atoms with Crippen LogP contribution in [0.2, 0.25) is 0 Å². The minimum Gasteiger partial charge on any atom is -0.408 e. The first kappa shape index (κ1) is 15.2. The van der Waals surface area contributed by atoms with E-state index in [4.69, 9.17) is 4.42 Å². The maximum Gasteiger partial charge on any atom is 0.419 e. The molecule has 3 rings (SSSR count). The summed E-state index contributed by atoms with van der Waals surface area (Å²) in [6, 6.07) is 6.49. The first-order valence-corrected chi connectivity index (χ1v) is 7.84. The summed E-state index contributed by atoms with van der Waals surface area (Å²) in [4.78, 5) is 11.3. The van der Waals surface area contributed by atoms with E-state index in [1.807, 2.05) is 0 Å². The summed E-state index contributed by atoms with van der Waals surface area (Å²) in [6.07, 6.45) is 0. The standard InChI is InChI=1S/C14H10F2N2O4S/c1-18-12-7-9(3-5-13(12)22-14(18)19)23(20,21)17-8-2-4-10(15)11(16)6-8/h2-7,17H,1H3. The van der Waals surface area contributed by atoms with E-state index >= 15 is 0 Å². The average molecular weight is 340 g/mol. The Kier molecular flexibility index (Phi) is 3.44. The molecule has 23 heavy (non-hydrogen) atoms. The van der Waals surface area contributed by atoms with Gasteiger partial charge in [0, 0.05) is 13.1 Å². The molecule has 0 spiro atoms. The van der Waals surface area contributed by atoms with Crippen LogP contribution in [-0.2, 0) is 17.1 Å². The number of hydrogen-bond donors (Lipinski definition) is 1. The molecule has 120 valence electrons. The molecule has 1 N–H and O–H groups in total. The third-order valence-corrected chi connectivity index (χ3v) is 4.62. The van der Waals surface area contributed by atoms with Gasteiger partial charge in [0.1, 0.15) is 0 Å². The Morgan fingerprint density at radius 1 is 1.09 bits per heavy atom. The van der Waals surface area contributed by atoms with Gasteiger partial charge >= 0.3 is 5.76 Å². The van der Waals surface area contributed by atoms with Crippen molar-refractivity contribution in [3.8, 4) is 0 Å². The Morgan fingerprint density at radius 2 is 1.83 bits per heavy atom. The predicted molar refractivity (Wildman–Crippen MR) is 78.6 cm³/mol. The van der Waals surface area contributed by atoms with E-state index in [0.717, 1.165) is 22.8 Å². The molecule has 0 radical (unpaired) electrons. The number of aromatic nitrogens is 1. The fourth-order valence-corrected chi connectivity index (χ4v) is 3.12. The van der Waals surface area contributed by atoms with Gasteiger partial charge in [-0.15, -0.1) is 0 Å². The molecular formula is C14H10F2N2O4S. The molecule has 6 nitrogen and oxygen atoms in total. The summed E-state index contributed by atoms with van der Waals surface area (Å²) in [5.41, 5.74) is 0.414. The highest BCUT2D eigenvalue weighted by molar-refractivity contribution is 7.92. The number of nitrogens with one attached hydrogen (secondary N) is 1. The highest BCUT2D eigenvalue weighted by Crippen LogP contribution is 2.21. The van der Waals surface area contributed by atoms with E-state index in [2.05, 4.69) is 4.72 Å². The molecule has 0 aliphatic rings. The summed E-state index contributed by atoms with van der Waals surface area (Å²) in [7, 11) is -2.60. The molecule has 0 amide bonds. The van der Waals surface area contributed by atoms with E-state index in [0.29, 0.717) is 5.52 Å². The Morgan fingerprint density at radius 3 is 2.52 bits per heavy atom. The van der Waals surface area contributed by atoms with Crippen LogP contribution in [0.4, 0.5) is 14.5 Å². The van der Waals surface area contributed by atoms with Gasteiger partial charge in [0.25, 0.3) is 10.0 Å². The van der Waals surface area contributed by atoms with E-state index in [1.165, 1.54) is 25.2 Å². The molecule has 0 atom stereocenters. The van der Waals surface area contributed by atoms with E-state index in [1.54, 1.807) is 0 Å². The Hall–Kier alpha value is -2.68. The Labute approximate surface area is 129 Å². The molecule has 0 aliphatic carbocycles. The van der Waals surface area contributed by atoms with Gasteiger partial charge < -0.3 is 4.42 Å².